The monoisotopic (exact) mass is 285 g/mol. The molecule has 7 heteroatoms. The average molecular weight is 285 g/mol. The fraction of sp³-hybridized carbons (Fsp3) is 0.846. The van der Waals surface area contributed by atoms with E-state index in [4.69, 9.17) is 9.84 Å². The van der Waals surface area contributed by atoms with Gasteiger partial charge in [-0.05, 0) is 31.8 Å². The van der Waals surface area contributed by atoms with E-state index in [1.54, 1.807) is 0 Å². The maximum atomic E-state index is 11.9. The standard InChI is InChI=1S/C13H23N3O4/c1-20-7-4-10(12(17)18)14-13(19)15-11-8-16-5-2-9(11)3-6-16/h9-11H,2-8H2,1H3,(H,17,18)(H2,14,15,19). The number of rotatable bonds is 6. The normalized spacial score (nSPS) is 29.8. The van der Waals surface area contributed by atoms with E-state index in [2.05, 4.69) is 15.5 Å². The third-order valence-corrected chi connectivity index (χ3v) is 4.19. The number of carbonyl (C=O) groups is 2. The fourth-order valence-electron chi connectivity index (χ4n) is 2.99. The number of carboxylic acids is 1. The van der Waals surface area contributed by atoms with Gasteiger partial charge in [0.25, 0.3) is 0 Å². The second-order valence-corrected chi connectivity index (χ2v) is 5.53. The molecule has 0 saturated carbocycles. The van der Waals surface area contributed by atoms with E-state index in [1.165, 1.54) is 7.11 Å². The van der Waals surface area contributed by atoms with Crippen molar-refractivity contribution in [1.82, 2.24) is 15.5 Å². The number of hydrogen-bond donors (Lipinski definition) is 3. The van der Waals surface area contributed by atoms with Crippen molar-refractivity contribution >= 4 is 12.0 Å². The molecule has 2 bridgehead atoms. The lowest BCUT2D eigenvalue weighted by molar-refractivity contribution is -0.139. The zero-order valence-corrected chi connectivity index (χ0v) is 11.8. The molecule has 0 spiro atoms. The summed E-state index contributed by atoms with van der Waals surface area (Å²) in [6.07, 6.45) is 2.48. The number of hydrogen-bond acceptors (Lipinski definition) is 4. The summed E-state index contributed by atoms with van der Waals surface area (Å²) in [4.78, 5) is 25.3. The van der Waals surface area contributed by atoms with Crippen LogP contribution in [0.3, 0.4) is 0 Å². The minimum atomic E-state index is -1.04. The molecule has 0 aliphatic carbocycles. The van der Waals surface area contributed by atoms with Crippen molar-refractivity contribution in [3.05, 3.63) is 0 Å². The number of fused-ring (bicyclic) bond motifs is 3. The second-order valence-electron chi connectivity index (χ2n) is 5.53. The Kier molecular flexibility index (Phi) is 5.19. The topological polar surface area (TPSA) is 90.9 Å². The second kappa shape index (κ2) is 6.90. The molecular weight excluding hydrogens is 262 g/mol. The Hall–Kier alpha value is -1.34. The summed E-state index contributed by atoms with van der Waals surface area (Å²) in [7, 11) is 1.51. The number of piperidine rings is 3. The first-order chi connectivity index (χ1) is 9.60. The minimum absolute atomic E-state index is 0.134. The summed E-state index contributed by atoms with van der Waals surface area (Å²) in [5.74, 6) is -0.515. The molecule has 0 aromatic rings. The van der Waals surface area contributed by atoms with Crippen LogP contribution in [0.1, 0.15) is 19.3 Å². The lowest BCUT2D eigenvalue weighted by atomic mass is 9.84. The maximum absolute atomic E-state index is 11.9. The highest BCUT2D eigenvalue weighted by Crippen LogP contribution is 2.27. The Labute approximate surface area is 118 Å². The summed E-state index contributed by atoms with van der Waals surface area (Å²) in [6.45, 7) is 3.39. The van der Waals surface area contributed by atoms with Gasteiger partial charge in [-0.3, -0.25) is 0 Å². The van der Waals surface area contributed by atoms with Crippen molar-refractivity contribution in [2.45, 2.75) is 31.3 Å². The van der Waals surface area contributed by atoms with Crippen LogP contribution in [-0.4, -0.2) is 67.4 Å². The number of carboxylic acid groups (broad SMARTS) is 1. The van der Waals surface area contributed by atoms with E-state index in [0.29, 0.717) is 12.5 Å². The van der Waals surface area contributed by atoms with E-state index >= 15 is 0 Å². The van der Waals surface area contributed by atoms with Crippen molar-refractivity contribution in [3.63, 3.8) is 0 Å². The lowest BCUT2D eigenvalue weighted by Gasteiger charge is -2.44. The third kappa shape index (κ3) is 3.83. The van der Waals surface area contributed by atoms with Crippen molar-refractivity contribution < 1.29 is 19.4 Å². The van der Waals surface area contributed by atoms with Gasteiger partial charge in [0.1, 0.15) is 6.04 Å². The molecule has 7 nitrogen and oxygen atoms in total. The molecule has 3 heterocycles. The number of ether oxygens (including phenoxy) is 1. The number of carbonyl (C=O) groups excluding carboxylic acids is 1. The average Bonchev–Trinajstić information content (AvgIpc) is 2.44. The molecule has 3 aliphatic heterocycles. The highest BCUT2D eigenvalue weighted by molar-refractivity contribution is 5.82. The van der Waals surface area contributed by atoms with E-state index in [9.17, 15) is 9.59 Å². The van der Waals surface area contributed by atoms with Crippen LogP contribution in [0.15, 0.2) is 0 Å². The van der Waals surface area contributed by atoms with Gasteiger partial charge in [0.2, 0.25) is 0 Å². The fourth-order valence-corrected chi connectivity index (χ4v) is 2.99. The smallest absolute Gasteiger partial charge is 0.326 e. The predicted molar refractivity (Wildman–Crippen MR) is 72.5 cm³/mol. The summed E-state index contributed by atoms with van der Waals surface area (Å²) in [6, 6.07) is -1.17. The van der Waals surface area contributed by atoms with Gasteiger partial charge < -0.3 is 25.4 Å². The highest BCUT2D eigenvalue weighted by Gasteiger charge is 2.35. The Morgan fingerprint density at radius 2 is 2.10 bits per heavy atom. The largest absolute Gasteiger partial charge is 0.480 e. The lowest BCUT2D eigenvalue weighted by Crippen LogP contribution is -2.59. The molecule has 0 radical (unpaired) electrons. The first-order valence-electron chi connectivity index (χ1n) is 7.11. The summed E-state index contributed by atoms with van der Waals surface area (Å²) in [5.41, 5.74) is 0. The molecule has 3 aliphatic rings. The molecule has 2 atom stereocenters. The number of amides is 2. The Balaban J connectivity index is 1.80. The molecule has 0 aromatic heterocycles. The Morgan fingerprint density at radius 1 is 1.40 bits per heavy atom. The number of aliphatic carboxylic acids is 1. The summed E-state index contributed by atoms with van der Waals surface area (Å²) in [5, 5.41) is 14.5. The Bertz CT molecular complexity index is 356. The van der Waals surface area contributed by atoms with Gasteiger partial charge in [-0.1, -0.05) is 0 Å². The predicted octanol–water partition coefficient (Wildman–Crippen LogP) is -0.130. The van der Waals surface area contributed by atoms with Crippen LogP contribution in [0, 0.1) is 5.92 Å². The van der Waals surface area contributed by atoms with Crippen molar-refractivity contribution in [1.29, 1.82) is 0 Å². The molecule has 3 rings (SSSR count). The maximum Gasteiger partial charge on any atom is 0.326 e. The molecule has 3 saturated heterocycles. The van der Waals surface area contributed by atoms with Gasteiger partial charge >= 0.3 is 12.0 Å². The number of methoxy groups -OCH3 is 1. The van der Waals surface area contributed by atoms with Crippen molar-refractivity contribution in [2.75, 3.05) is 33.4 Å². The molecule has 3 fully saturated rings. The van der Waals surface area contributed by atoms with Crippen LogP contribution in [-0.2, 0) is 9.53 Å². The highest BCUT2D eigenvalue weighted by atomic mass is 16.5. The van der Waals surface area contributed by atoms with E-state index in [1.807, 2.05) is 0 Å². The van der Waals surface area contributed by atoms with Gasteiger partial charge in [0.05, 0.1) is 0 Å². The summed E-state index contributed by atoms with van der Waals surface area (Å²) < 4.78 is 4.85. The van der Waals surface area contributed by atoms with Gasteiger partial charge in [0.15, 0.2) is 0 Å². The first-order valence-corrected chi connectivity index (χ1v) is 7.11. The van der Waals surface area contributed by atoms with Gasteiger partial charge in [-0.15, -0.1) is 0 Å². The van der Waals surface area contributed by atoms with Crippen LogP contribution in [0.5, 0.6) is 0 Å². The van der Waals surface area contributed by atoms with Crippen LogP contribution in [0.25, 0.3) is 0 Å². The van der Waals surface area contributed by atoms with Gasteiger partial charge in [-0.25, -0.2) is 9.59 Å². The van der Waals surface area contributed by atoms with Crippen LogP contribution in [0.4, 0.5) is 4.79 Å². The zero-order valence-electron chi connectivity index (χ0n) is 11.8. The molecular formula is C13H23N3O4. The molecule has 2 amide bonds. The van der Waals surface area contributed by atoms with E-state index in [0.717, 1.165) is 32.5 Å². The first kappa shape index (κ1) is 15.1. The Morgan fingerprint density at radius 3 is 2.60 bits per heavy atom. The number of urea groups is 1. The van der Waals surface area contributed by atoms with Crippen molar-refractivity contribution in [3.8, 4) is 0 Å². The molecule has 2 unspecified atom stereocenters. The minimum Gasteiger partial charge on any atom is -0.480 e. The number of nitrogens with zero attached hydrogens (tertiary/aromatic N) is 1. The quantitative estimate of drug-likeness (QED) is 0.632. The van der Waals surface area contributed by atoms with Crippen LogP contribution >= 0.6 is 0 Å². The molecule has 20 heavy (non-hydrogen) atoms. The third-order valence-electron chi connectivity index (χ3n) is 4.19. The zero-order chi connectivity index (χ0) is 14.5. The van der Waals surface area contributed by atoms with Crippen molar-refractivity contribution in [2.24, 2.45) is 5.92 Å². The molecule has 3 N–H and O–H groups in total. The van der Waals surface area contributed by atoms with Crippen LogP contribution in [0.2, 0.25) is 0 Å². The van der Waals surface area contributed by atoms with Gasteiger partial charge in [0, 0.05) is 32.7 Å². The SMILES string of the molecule is COCCC(NC(=O)NC1CN2CCC1CC2)C(=O)O. The van der Waals surface area contributed by atoms with E-state index in [-0.39, 0.29) is 12.5 Å². The van der Waals surface area contributed by atoms with Crippen LogP contribution < -0.4 is 10.6 Å². The molecule has 114 valence electrons. The number of nitrogens with one attached hydrogen (secondary N) is 2. The molecule has 0 aromatic carbocycles. The summed E-state index contributed by atoms with van der Waals surface area (Å²) >= 11 is 0. The van der Waals surface area contributed by atoms with Gasteiger partial charge in [-0.2, -0.15) is 0 Å². The van der Waals surface area contributed by atoms with E-state index < -0.39 is 18.0 Å².